The molecule has 0 unspecified atom stereocenters. The quantitative estimate of drug-likeness (QED) is 0.806. The normalized spacial score (nSPS) is 11.7. The third-order valence-corrected chi connectivity index (χ3v) is 4.35. The van der Waals surface area contributed by atoms with E-state index in [1.807, 2.05) is 0 Å². The van der Waals surface area contributed by atoms with Gasteiger partial charge in [-0.05, 0) is 23.8 Å². The van der Waals surface area contributed by atoms with Crippen LogP contribution >= 0.6 is 11.3 Å². The Kier molecular flexibility index (Phi) is 4.29. The van der Waals surface area contributed by atoms with Gasteiger partial charge in [0.2, 0.25) is 5.13 Å². The Morgan fingerprint density at radius 1 is 1.43 bits per heavy atom. The van der Waals surface area contributed by atoms with Crippen LogP contribution < -0.4 is 4.72 Å². The van der Waals surface area contributed by atoms with Gasteiger partial charge < -0.3 is 5.11 Å². The fourth-order valence-corrected chi connectivity index (χ4v) is 3.15. The van der Waals surface area contributed by atoms with Gasteiger partial charge in [0.25, 0.3) is 10.0 Å². The summed E-state index contributed by atoms with van der Waals surface area (Å²) in [5, 5.41) is 15.5. The highest BCUT2D eigenvalue weighted by Crippen LogP contribution is 2.21. The van der Waals surface area contributed by atoms with Crippen LogP contribution in [-0.2, 0) is 14.8 Å². The lowest BCUT2D eigenvalue weighted by Gasteiger charge is -2.06. The minimum atomic E-state index is -4.12. The minimum absolute atomic E-state index is 0.0178. The molecule has 0 aliphatic carbocycles. The van der Waals surface area contributed by atoms with E-state index in [2.05, 4.69) is 14.9 Å². The molecule has 21 heavy (non-hydrogen) atoms. The molecule has 0 radical (unpaired) electrons. The molecule has 7 nitrogen and oxygen atoms in total. The highest BCUT2D eigenvalue weighted by molar-refractivity contribution is 7.93. The number of aliphatic carboxylic acids is 1. The lowest BCUT2D eigenvalue weighted by molar-refractivity contribution is -0.131. The highest BCUT2D eigenvalue weighted by Gasteiger charge is 2.20. The van der Waals surface area contributed by atoms with Gasteiger partial charge >= 0.3 is 5.97 Å². The summed E-state index contributed by atoms with van der Waals surface area (Å²) in [7, 11) is -4.12. The summed E-state index contributed by atoms with van der Waals surface area (Å²) in [6, 6.07) is 3.26. The van der Waals surface area contributed by atoms with Crippen molar-refractivity contribution in [2.75, 3.05) is 4.72 Å². The van der Waals surface area contributed by atoms with Crippen LogP contribution in [0.3, 0.4) is 0 Å². The molecular formula is C11H8FN3O4S2. The van der Waals surface area contributed by atoms with Crippen molar-refractivity contribution in [2.24, 2.45) is 0 Å². The van der Waals surface area contributed by atoms with E-state index in [1.54, 1.807) is 0 Å². The second kappa shape index (κ2) is 5.97. The number of hydrogen-bond acceptors (Lipinski definition) is 6. The molecule has 0 aliphatic heterocycles. The Morgan fingerprint density at radius 3 is 2.76 bits per heavy atom. The standard InChI is InChI=1S/C11H8FN3O4S2/c12-8-5-7(2-4-10(16)17)1-3-9(8)21(18,19)15-11-14-13-6-20-11/h1-6H,(H,14,15)(H,16,17)/b4-2+. The molecule has 0 atom stereocenters. The molecule has 1 heterocycles. The number of rotatable bonds is 5. The summed E-state index contributed by atoms with van der Waals surface area (Å²) < 4.78 is 39.9. The first-order chi connectivity index (χ1) is 9.88. The smallest absolute Gasteiger partial charge is 0.328 e. The molecule has 2 rings (SSSR count). The Balaban J connectivity index is 2.30. The largest absolute Gasteiger partial charge is 0.478 e. The van der Waals surface area contributed by atoms with Crippen LogP contribution in [0.15, 0.2) is 34.7 Å². The first-order valence-electron chi connectivity index (χ1n) is 5.38. The molecule has 2 aromatic rings. The van der Waals surface area contributed by atoms with E-state index in [-0.39, 0.29) is 10.7 Å². The van der Waals surface area contributed by atoms with Crippen LogP contribution in [0.4, 0.5) is 9.52 Å². The molecular weight excluding hydrogens is 321 g/mol. The van der Waals surface area contributed by atoms with Gasteiger partial charge in [-0.15, -0.1) is 10.2 Å². The fourth-order valence-electron chi connectivity index (χ4n) is 1.39. The first kappa shape index (κ1) is 15.1. The van der Waals surface area contributed by atoms with Gasteiger partial charge in [-0.2, -0.15) is 0 Å². The number of hydrogen-bond donors (Lipinski definition) is 2. The third-order valence-electron chi connectivity index (χ3n) is 2.25. The number of aromatic nitrogens is 2. The summed E-state index contributed by atoms with van der Waals surface area (Å²) in [5.74, 6) is -2.19. The zero-order valence-electron chi connectivity index (χ0n) is 10.2. The van der Waals surface area contributed by atoms with Crippen molar-refractivity contribution >= 4 is 38.5 Å². The number of carbonyl (C=O) groups is 1. The van der Waals surface area contributed by atoms with Gasteiger partial charge in [0.1, 0.15) is 16.2 Å². The van der Waals surface area contributed by atoms with Crippen LogP contribution in [0.2, 0.25) is 0 Å². The molecule has 110 valence electrons. The van der Waals surface area contributed by atoms with Crippen LogP contribution in [-0.4, -0.2) is 29.7 Å². The zero-order chi connectivity index (χ0) is 15.5. The summed E-state index contributed by atoms with van der Waals surface area (Å²) in [6.45, 7) is 0. The predicted octanol–water partition coefficient (Wildman–Crippen LogP) is 1.58. The van der Waals surface area contributed by atoms with E-state index in [1.165, 1.54) is 11.6 Å². The number of halogens is 1. The van der Waals surface area contributed by atoms with E-state index in [0.29, 0.717) is 0 Å². The second-order valence-electron chi connectivity index (χ2n) is 3.71. The maximum absolute atomic E-state index is 13.9. The molecule has 0 amide bonds. The zero-order valence-corrected chi connectivity index (χ0v) is 11.9. The maximum atomic E-state index is 13.9. The van der Waals surface area contributed by atoms with Gasteiger partial charge in [0, 0.05) is 6.08 Å². The average Bonchev–Trinajstić information content (AvgIpc) is 2.88. The fraction of sp³-hybridized carbons (Fsp3) is 0. The molecule has 10 heteroatoms. The summed E-state index contributed by atoms with van der Waals surface area (Å²) in [4.78, 5) is 9.80. The van der Waals surface area contributed by atoms with Gasteiger partial charge in [0.05, 0.1) is 0 Å². The van der Waals surface area contributed by atoms with Crippen LogP contribution in [0.1, 0.15) is 5.56 Å². The van der Waals surface area contributed by atoms with E-state index in [9.17, 15) is 17.6 Å². The first-order valence-corrected chi connectivity index (χ1v) is 7.74. The van der Waals surface area contributed by atoms with E-state index < -0.39 is 26.7 Å². The topological polar surface area (TPSA) is 109 Å². The number of sulfonamides is 1. The Hall–Kier alpha value is -2.33. The maximum Gasteiger partial charge on any atom is 0.328 e. The van der Waals surface area contributed by atoms with Crippen LogP contribution in [0, 0.1) is 5.82 Å². The summed E-state index contributed by atoms with van der Waals surface area (Å²) in [5.41, 5.74) is 1.55. The summed E-state index contributed by atoms with van der Waals surface area (Å²) >= 11 is 0.953. The number of nitrogens with one attached hydrogen (secondary N) is 1. The van der Waals surface area contributed by atoms with Crippen molar-refractivity contribution in [2.45, 2.75) is 4.90 Å². The van der Waals surface area contributed by atoms with Crippen LogP contribution in [0.5, 0.6) is 0 Å². The lowest BCUT2D eigenvalue weighted by Crippen LogP contribution is -2.14. The molecule has 0 bridgehead atoms. The molecule has 2 N–H and O–H groups in total. The lowest BCUT2D eigenvalue weighted by atomic mass is 10.2. The number of carboxylic acids is 1. The monoisotopic (exact) mass is 329 g/mol. The van der Waals surface area contributed by atoms with Crippen molar-refractivity contribution < 1.29 is 22.7 Å². The van der Waals surface area contributed by atoms with Crippen molar-refractivity contribution in [1.82, 2.24) is 10.2 Å². The van der Waals surface area contributed by atoms with Gasteiger partial charge in [-0.25, -0.2) is 17.6 Å². The molecule has 0 spiro atoms. The number of anilines is 1. The van der Waals surface area contributed by atoms with E-state index in [4.69, 9.17) is 5.11 Å². The van der Waals surface area contributed by atoms with E-state index >= 15 is 0 Å². The second-order valence-corrected chi connectivity index (χ2v) is 6.19. The Labute approximate surface area is 122 Å². The number of benzene rings is 1. The number of nitrogens with zero attached hydrogens (tertiary/aromatic N) is 2. The highest BCUT2D eigenvalue weighted by atomic mass is 32.2. The summed E-state index contributed by atoms with van der Waals surface area (Å²) in [6.07, 6.45) is 1.97. The Morgan fingerprint density at radius 2 is 2.19 bits per heavy atom. The average molecular weight is 329 g/mol. The van der Waals surface area contributed by atoms with Crippen molar-refractivity contribution in [3.63, 3.8) is 0 Å². The molecule has 0 saturated heterocycles. The van der Waals surface area contributed by atoms with Crippen molar-refractivity contribution in [3.05, 3.63) is 41.2 Å². The third kappa shape index (κ3) is 3.83. The molecule has 1 aromatic carbocycles. The Bertz CT molecular complexity index is 788. The van der Waals surface area contributed by atoms with Crippen LogP contribution in [0.25, 0.3) is 6.08 Å². The van der Waals surface area contributed by atoms with Crippen molar-refractivity contribution in [3.8, 4) is 0 Å². The number of carboxylic acid groups (broad SMARTS) is 1. The minimum Gasteiger partial charge on any atom is -0.478 e. The van der Waals surface area contributed by atoms with Crippen molar-refractivity contribution in [1.29, 1.82) is 0 Å². The van der Waals surface area contributed by atoms with Gasteiger partial charge in [-0.1, -0.05) is 17.4 Å². The molecule has 0 fully saturated rings. The molecule has 0 aliphatic rings. The molecule has 1 aromatic heterocycles. The van der Waals surface area contributed by atoms with Gasteiger partial charge in [0.15, 0.2) is 0 Å². The SMILES string of the molecule is O=C(O)/C=C/c1ccc(S(=O)(=O)Nc2nncs2)c(F)c1. The predicted molar refractivity (Wildman–Crippen MR) is 73.8 cm³/mol. The van der Waals surface area contributed by atoms with Gasteiger partial charge in [-0.3, -0.25) is 4.72 Å². The molecule has 0 saturated carbocycles. The van der Waals surface area contributed by atoms with E-state index in [0.717, 1.165) is 35.6 Å².